The monoisotopic (exact) mass is 259 g/mol. The molecule has 3 rings (SSSR count). The van der Waals surface area contributed by atoms with Gasteiger partial charge in [0.05, 0.1) is 5.60 Å². The first-order valence-electron chi connectivity index (χ1n) is 6.42. The molecular formula is C12H21NOS2. The Morgan fingerprint density at radius 3 is 2.88 bits per heavy atom. The van der Waals surface area contributed by atoms with E-state index in [9.17, 15) is 0 Å². The van der Waals surface area contributed by atoms with Crippen LogP contribution < -0.4 is 5.32 Å². The molecule has 0 radical (unpaired) electrons. The van der Waals surface area contributed by atoms with E-state index in [-0.39, 0.29) is 5.60 Å². The first-order valence-corrected chi connectivity index (χ1v) is 8.73. The summed E-state index contributed by atoms with van der Waals surface area (Å²) >= 11 is 4.16. The van der Waals surface area contributed by atoms with Crippen LogP contribution >= 0.6 is 23.5 Å². The standard InChI is InChI=1S/C12H21NOS2/c1-4-14-12(3-6-16-9-12)7-10(1)13-11-2-5-15-8-11/h10-11,13H,1-9H2. The van der Waals surface area contributed by atoms with Crippen molar-refractivity contribution in [3.63, 3.8) is 0 Å². The maximum absolute atomic E-state index is 6.06. The molecule has 0 amide bonds. The second kappa shape index (κ2) is 5.09. The van der Waals surface area contributed by atoms with Gasteiger partial charge in [0.1, 0.15) is 0 Å². The zero-order valence-corrected chi connectivity index (χ0v) is 11.4. The number of ether oxygens (including phenoxy) is 1. The first-order chi connectivity index (χ1) is 7.86. The average molecular weight is 259 g/mol. The summed E-state index contributed by atoms with van der Waals surface area (Å²) in [6.07, 6.45) is 5.10. The van der Waals surface area contributed by atoms with Gasteiger partial charge in [0.25, 0.3) is 0 Å². The van der Waals surface area contributed by atoms with E-state index in [2.05, 4.69) is 28.8 Å². The van der Waals surface area contributed by atoms with Crippen LogP contribution in [0.5, 0.6) is 0 Å². The molecule has 3 saturated heterocycles. The zero-order valence-electron chi connectivity index (χ0n) is 9.74. The maximum Gasteiger partial charge on any atom is 0.0795 e. The van der Waals surface area contributed by atoms with Gasteiger partial charge >= 0.3 is 0 Å². The first kappa shape index (κ1) is 11.7. The van der Waals surface area contributed by atoms with Gasteiger partial charge in [0.2, 0.25) is 0 Å². The van der Waals surface area contributed by atoms with Gasteiger partial charge in [0.15, 0.2) is 0 Å². The van der Waals surface area contributed by atoms with Gasteiger partial charge < -0.3 is 10.1 Å². The van der Waals surface area contributed by atoms with Crippen molar-refractivity contribution in [3.05, 3.63) is 0 Å². The van der Waals surface area contributed by atoms with Crippen LogP contribution in [0.3, 0.4) is 0 Å². The lowest BCUT2D eigenvalue weighted by molar-refractivity contribution is -0.0710. The van der Waals surface area contributed by atoms with Crippen molar-refractivity contribution in [1.29, 1.82) is 0 Å². The minimum atomic E-state index is 0.242. The van der Waals surface area contributed by atoms with Crippen LogP contribution in [0, 0.1) is 0 Å². The van der Waals surface area contributed by atoms with Gasteiger partial charge in [-0.15, -0.1) is 0 Å². The summed E-state index contributed by atoms with van der Waals surface area (Å²) < 4.78 is 6.06. The van der Waals surface area contributed by atoms with Crippen molar-refractivity contribution in [2.75, 3.05) is 29.6 Å². The number of hydrogen-bond donors (Lipinski definition) is 1. The summed E-state index contributed by atoms with van der Waals surface area (Å²) in [4.78, 5) is 0. The molecule has 92 valence electrons. The molecule has 0 saturated carbocycles. The molecule has 0 bridgehead atoms. The second-order valence-corrected chi connectivity index (χ2v) is 7.51. The Hall–Kier alpha value is 0.620. The van der Waals surface area contributed by atoms with Crippen LogP contribution in [0.4, 0.5) is 0 Å². The predicted octanol–water partition coefficient (Wildman–Crippen LogP) is 2.14. The fraction of sp³-hybridized carbons (Fsp3) is 1.00. The molecule has 1 N–H and O–H groups in total. The lowest BCUT2D eigenvalue weighted by Crippen LogP contribution is -2.49. The van der Waals surface area contributed by atoms with Gasteiger partial charge in [-0.3, -0.25) is 0 Å². The van der Waals surface area contributed by atoms with Crippen LogP contribution in [0.15, 0.2) is 0 Å². The molecule has 2 nitrogen and oxygen atoms in total. The topological polar surface area (TPSA) is 21.3 Å². The molecule has 3 aliphatic rings. The van der Waals surface area contributed by atoms with E-state index in [1.807, 2.05) is 0 Å². The third-order valence-electron chi connectivity index (χ3n) is 3.96. The van der Waals surface area contributed by atoms with Gasteiger partial charge in [-0.05, 0) is 37.2 Å². The second-order valence-electron chi connectivity index (χ2n) is 5.25. The SMILES string of the molecule is C1CC(NC2CCSC2)CC2(CCSC2)O1. The highest BCUT2D eigenvalue weighted by atomic mass is 32.2. The molecule has 3 atom stereocenters. The van der Waals surface area contributed by atoms with Crippen molar-refractivity contribution in [2.24, 2.45) is 0 Å². The summed E-state index contributed by atoms with van der Waals surface area (Å²) in [5.74, 6) is 5.19. The fourth-order valence-corrected chi connectivity index (χ4v) is 5.58. The zero-order chi connectivity index (χ0) is 10.8. The van der Waals surface area contributed by atoms with Gasteiger partial charge in [0, 0.05) is 30.2 Å². The smallest absolute Gasteiger partial charge is 0.0795 e. The average Bonchev–Trinajstić information content (AvgIpc) is 2.91. The Kier molecular flexibility index (Phi) is 3.72. The van der Waals surface area contributed by atoms with Crippen molar-refractivity contribution >= 4 is 23.5 Å². The van der Waals surface area contributed by atoms with E-state index in [1.54, 1.807) is 0 Å². The summed E-state index contributed by atoms with van der Waals surface area (Å²) in [6, 6.07) is 1.50. The molecule has 4 heteroatoms. The summed E-state index contributed by atoms with van der Waals surface area (Å²) in [5.41, 5.74) is 0.242. The lowest BCUT2D eigenvalue weighted by Gasteiger charge is -2.39. The normalized spacial score (nSPS) is 44.2. The number of thioether (sulfide) groups is 2. The third kappa shape index (κ3) is 2.55. The molecule has 3 aliphatic heterocycles. The van der Waals surface area contributed by atoms with Crippen molar-refractivity contribution < 1.29 is 4.74 Å². The summed E-state index contributed by atoms with van der Waals surface area (Å²) in [5, 5.41) is 3.86. The molecule has 3 heterocycles. The van der Waals surface area contributed by atoms with Gasteiger partial charge in [-0.2, -0.15) is 23.5 Å². The highest BCUT2D eigenvalue weighted by Gasteiger charge is 2.40. The van der Waals surface area contributed by atoms with E-state index in [1.165, 1.54) is 48.7 Å². The van der Waals surface area contributed by atoms with Gasteiger partial charge in [-0.25, -0.2) is 0 Å². The molecule has 0 aromatic carbocycles. The molecule has 3 fully saturated rings. The van der Waals surface area contributed by atoms with Crippen molar-refractivity contribution in [3.8, 4) is 0 Å². The number of nitrogens with one attached hydrogen (secondary N) is 1. The van der Waals surface area contributed by atoms with Crippen LogP contribution in [0.1, 0.15) is 25.7 Å². The molecule has 0 aromatic heterocycles. The molecule has 1 spiro atoms. The Bertz CT molecular complexity index is 237. The largest absolute Gasteiger partial charge is 0.374 e. The Balaban J connectivity index is 1.55. The minimum absolute atomic E-state index is 0.242. The van der Waals surface area contributed by atoms with Crippen molar-refractivity contribution in [1.82, 2.24) is 5.32 Å². The fourth-order valence-electron chi connectivity index (χ4n) is 3.03. The molecule has 16 heavy (non-hydrogen) atoms. The van der Waals surface area contributed by atoms with E-state index in [4.69, 9.17) is 4.74 Å². The highest BCUT2D eigenvalue weighted by Crippen LogP contribution is 2.38. The lowest BCUT2D eigenvalue weighted by atomic mass is 9.89. The highest BCUT2D eigenvalue weighted by molar-refractivity contribution is 7.99. The van der Waals surface area contributed by atoms with E-state index >= 15 is 0 Å². The summed E-state index contributed by atoms with van der Waals surface area (Å²) in [7, 11) is 0. The van der Waals surface area contributed by atoms with E-state index < -0.39 is 0 Å². The molecule has 3 unspecified atom stereocenters. The van der Waals surface area contributed by atoms with Crippen LogP contribution in [-0.4, -0.2) is 47.3 Å². The van der Waals surface area contributed by atoms with Crippen LogP contribution in [-0.2, 0) is 4.74 Å². The maximum atomic E-state index is 6.06. The van der Waals surface area contributed by atoms with E-state index in [0.717, 1.165) is 18.7 Å². The number of hydrogen-bond acceptors (Lipinski definition) is 4. The molecular weight excluding hydrogens is 238 g/mol. The summed E-state index contributed by atoms with van der Waals surface area (Å²) in [6.45, 7) is 0.970. The van der Waals surface area contributed by atoms with Gasteiger partial charge in [-0.1, -0.05) is 0 Å². The Morgan fingerprint density at radius 1 is 1.12 bits per heavy atom. The third-order valence-corrected chi connectivity index (χ3v) is 6.35. The molecule has 0 aliphatic carbocycles. The van der Waals surface area contributed by atoms with Crippen LogP contribution in [0.25, 0.3) is 0 Å². The Labute approximate surface area is 107 Å². The minimum Gasteiger partial charge on any atom is -0.374 e. The Morgan fingerprint density at radius 2 is 2.12 bits per heavy atom. The predicted molar refractivity (Wildman–Crippen MR) is 72.5 cm³/mol. The van der Waals surface area contributed by atoms with Crippen molar-refractivity contribution in [2.45, 2.75) is 43.4 Å². The number of rotatable bonds is 2. The van der Waals surface area contributed by atoms with E-state index in [0.29, 0.717) is 0 Å². The molecule has 0 aromatic rings. The van der Waals surface area contributed by atoms with Crippen LogP contribution in [0.2, 0.25) is 0 Å². The quantitative estimate of drug-likeness (QED) is 0.820.